The summed E-state index contributed by atoms with van der Waals surface area (Å²) >= 11 is 0. The third-order valence-corrected chi connectivity index (χ3v) is 2.59. The van der Waals surface area contributed by atoms with E-state index in [0.29, 0.717) is 6.41 Å². The summed E-state index contributed by atoms with van der Waals surface area (Å²) in [4.78, 5) is 35.4. The minimum Gasteiger partial charge on any atom is -0.478 e. The number of hydrogen-bond acceptors (Lipinski definition) is 6. The van der Waals surface area contributed by atoms with Crippen LogP contribution in [0.5, 0.6) is 0 Å². The third-order valence-electron chi connectivity index (χ3n) is 2.59. The Morgan fingerprint density at radius 1 is 1.43 bits per heavy atom. The zero-order chi connectivity index (χ0) is 17.4. The maximum absolute atomic E-state index is 13.8. The average Bonchev–Trinajstić information content (AvgIpc) is 2.46. The van der Waals surface area contributed by atoms with E-state index in [1.807, 2.05) is 0 Å². The summed E-state index contributed by atoms with van der Waals surface area (Å²) in [5.74, 6) is -4.91. The summed E-state index contributed by atoms with van der Waals surface area (Å²) in [5, 5.41) is 11.4. The molecular weight excluding hydrogens is 318 g/mol. The number of esters is 1. The second-order valence-electron chi connectivity index (χ2n) is 4.25. The number of rotatable bonds is 9. The molecule has 0 aromatic carbocycles. The van der Waals surface area contributed by atoms with Gasteiger partial charge in [-0.1, -0.05) is 0 Å². The van der Waals surface area contributed by atoms with Crippen LogP contribution in [0, 0.1) is 11.9 Å². The van der Waals surface area contributed by atoms with E-state index in [4.69, 9.17) is 9.84 Å². The molecule has 1 unspecified atom stereocenters. The zero-order valence-corrected chi connectivity index (χ0v) is 12.0. The Balaban J connectivity index is 3.09. The molecule has 23 heavy (non-hydrogen) atoms. The largest absolute Gasteiger partial charge is 0.478 e. The molecule has 1 amide bonds. The topological polar surface area (TPSA) is 115 Å². The summed E-state index contributed by atoms with van der Waals surface area (Å²) in [6, 6.07) is 1.75. The lowest BCUT2D eigenvalue weighted by molar-refractivity contribution is -0.174. The van der Waals surface area contributed by atoms with Gasteiger partial charge in [-0.15, -0.1) is 0 Å². The number of halogens is 2. The summed E-state index contributed by atoms with van der Waals surface area (Å²) in [5.41, 5.74) is -0.397. The minimum atomic E-state index is -1.87. The Bertz CT molecular complexity index is 584. The molecule has 0 saturated heterocycles. The first-order chi connectivity index (χ1) is 10.9. The number of ether oxygens (including phenoxy) is 2. The molecule has 0 saturated carbocycles. The van der Waals surface area contributed by atoms with Crippen LogP contribution in [0.15, 0.2) is 12.1 Å². The number of pyridine rings is 1. The van der Waals surface area contributed by atoms with Crippen LogP contribution in [0.3, 0.4) is 0 Å². The molecule has 0 fully saturated rings. The van der Waals surface area contributed by atoms with E-state index >= 15 is 0 Å². The summed E-state index contributed by atoms with van der Waals surface area (Å²) in [6.07, 6.45) is -3.05. The summed E-state index contributed by atoms with van der Waals surface area (Å²) in [7, 11) is 0. The molecular formula is C13H14F2N2O6. The fourth-order valence-corrected chi connectivity index (χ4v) is 1.70. The van der Waals surface area contributed by atoms with Crippen LogP contribution in [-0.4, -0.2) is 47.7 Å². The van der Waals surface area contributed by atoms with Crippen LogP contribution in [0.25, 0.3) is 0 Å². The summed E-state index contributed by atoms with van der Waals surface area (Å²) in [6.45, 7) is 0.772. The number of carboxylic acids is 1. The van der Waals surface area contributed by atoms with Crippen molar-refractivity contribution in [2.75, 3.05) is 13.2 Å². The highest BCUT2D eigenvalue weighted by Crippen LogP contribution is 2.26. The normalized spacial score (nSPS) is 13.0. The molecule has 1 rings (SSSR count). The average molecular weight is 332 g/mol. The number of carboxylic acid groups (broad SMARTS) is 1. The second kappa shape index (κ2) is 8.73. The first-order valence-corrected chi connectivity index (χ1v) is 6.37. The van der Waals surface area contributed by atoms with Crippen molar-refractivity contribution in [3.8, 4) is 0 Å². The third kappa shape index (κ3) is 5.58. The number of aliphatic carboxylic acids is 1. The van der Waals surface area contributed by atoms with Gasteiger partial charge in [-0.3, -0.25) is 9.59 Å². The van der Waals surface area contributed by atoms with Gasteiger partial charge < -0.3 is 19.9 Å². The Labute approximate surface area is 129 Å². The summed E-state index contributed by atoms with van der Waals surface area (Å²) < 4.78 is 36.5. The van der Waals surface area contributed by atoms with Gasteiger partial charge in [-0.05, 0) is 12.1 Å². The van der Waals surface area contributed by atoms with E-state index in [0.717, 1.165) is 19.1 Å². The highest BCUT2D eigenvalue weighted by molar-refractivity contribution is 5.77. The van der Waals surface area contributed by atoms with Gasteiger partial charge in [0.25, 0.3) is 0 Å². The van der Waals surface area contributed by atoms with E-state index < -0.39 is 41.6 Å². The van der Waals surface area contributed by atoms with E-state index in [2.05, 4.69) is 15.0 Å². The number of aromatic nitrogens is 1. The lowest BCUT2D eigenvalue weighted by Crippen LogP contribution is -2.36. The molecule has 126 valence electrons. The SMILES string of the molecule is CC(=O)O[C@@H](C(=O)O)C(OCCNC=O)c1ccc(F)nc1F. The smallest absolute Gasteiger partial charge is 0.348 e. The number of nitrogens with one attached hydrogen (secondary N) is 1. The lowest BCUT2D eigenvalue weighted by Gasteiger charge is -2.24. The van der Waals surface area contributed by atoms with Crippen LogP contribution >= 0.6 is 0 Å². The van der Waals surface area contributed by atoms with Crippen LogP contribution in [0.4, 0.5) is 8.78 Å². The number of carbonyl (C=O) groups excluding carboxylic acids is 2. The van der Waals surface area contributed by atoms with Crippen molar-refractivity contribution < 1.29 is 37.7 Å². The van der Waals surface area contributed by atoms with Crippen molar-refractivity contribution in [3.05, 3.63) is 29.6 Å². The number of hydrogen-bond donors (Lipinski definition) is 2. The van der Waals surface area contributed by atoms with Gasteiger partial charge in [0, 0.05) is 19.0 Å². The van der Waals surface area contributed by atoms with Crippen molar-refractivity contribution in [2.45, 2.75) is 19.1 Å². The molecule has 0 aliphatic carbocycles. The molecule has 1 aromatic rings. The predicted octanol–water partition coefficient (Wildman–Crippen LogP) is 0.180. The monoisotopic (exact) mass is 332 g/mol. The maximum Gasteiger partial charge on any atom is 0.348 e. The molecule has 1 heterocycles. The quantitative estimate of drug-likeness (QED) is 0.287. The van der Waals surface area contributed by atoms with Crippen LogP contribution in [0.1, 0.15) is 18.6 Å². The van der Waals surface area contributed by atoms with Crippen molar-refractivity contribution in [2.24, 2.45) is 0 Å². The van der Waals surface area contributed by atoms with Crippen molar-refractivity contribution in [1.82, 2.24) is 10.3 Å². The highest BCUT2D eigenvalue weighted by Gasteiger charge is 2.35. The standard InChI is InChI=1S/C13H14F2N2O6/c1-7(19)23-11(13(20)21)10(22-5-4-16-6-18)8-2-3-9(14)17-12(8)15/h2-3,6,10-11H,4-5H2,1H3,(H,16,18)(H,20,21)/t10?,11-/m1/s1. The lowest BCUT2D eigenvalue weighted by atomic mass is 10.1. The highest BCUT2D eigenvalue weighted by atomic mass is 19.1. The van der Waals surface area contributed by atoms with Gasteiger partial charge in [0.2, 0.25) is 24.4 Å². The van der Waals surface area contributed by atoms with Crippen molar-refractivity contribution in [3.63, 3.8) is 0 Å². The fourth-order valence-electron chi connectivity index (χ4n) is 1.70. The molecule has 10 heteroatoms. The maximum atomic E-state index is 13.8. The number of amides is 1. The Morgan fingerprint density at radius 2 is 2.13 bits per heavy atom. The van der Waals surface area contributed by atoms with E-state index in [1.165, 1.54) is 0 Å². The molecule has 2 atom stereocenters. The second-order valence-corrected chi connectivity index (χ2v) is 4.25. The fraction of sp³-hybridized carbons (Fsp3) is 0.385. The Hall–Kier alpha value is -2.62. The molecule has 0 aliphatic rings. The van der Waals surface area contributed by atoms with Gasteiger partial charge in [0.15, 0.2) is 0 Å². The molecule has 0 bridgehead atoms. The number of carbonyl (C=O) groups is 3. The van der Waals surface area contributed by atoms with Crippen molar-refractivity contribution >= 4 is 18.3 Å². The van der Waals surface area contributed by atoms with Gasteiger partial charge >= 0.3 is 11.9 Å². The van der Waals surface area contributed by atoms with Crippen molar-refractivity contribution in [1.29, 1.82) is 0 Å². The molecule has 2 N–H and O–H groups in total. The number of nitrogens with zero attached hydrogens (tertiary/aromatic N) is 1. The molecule has 1 aromatic heterocycles. The van der Waals surface area contributed by atoms with Gasteiger partial charge in [0.05, 0.1) is 6.61 Å². The van der Waals surface area contributed by atoms with Gasteiger partial charge in [-0.25, -0.2) is 4.79 Å². The first kappa shape index (κ1) is 18.4. The Kier molecular flexibility index (Phi) is 7.00. The van der Waals surface area contributed by atoms with E-state index in [-0.39, 0.29) is 13.2 Å². The predicted molar refractivity (Wildman–Crippen MR) is 70.1 cm³/mol. The molecule has 8 nitrogen and oxygen atoms in total. The van der Waals surface area contributed by atoms with Gasteiger partial charge in [-0.2, -0.15) is 13.8 Å². The molecule has 0 radical (unpaired) electrons. The van der Waals surface area contributed by atoms with Crippen LogP contribution < -0.4 is 5.32 Å². The van der Waals surface area contributed by atoms with Crippen LogP contribution in [0.2, 0.25) is 0 Å². The molecule has 0 aliphatic heterocycles. The van der Waals surface area contributed by atoms with E-state index in [1.54, 1.807) is 0 Å². The Morgan fingerprint density at radius 3 is 2.65 bits per heavy atom. The van der Waals surface area contributed by atoms with Crippen LogP contribution in [-0.2, 0) is 23.9 Å². The zero-order valence-electron chi connectivity index (χ0n) is 12.0. The first-order valence-electron chi connectivity index (χ1n) is 6.37. The molecule has 0 spiro atoms. The minimum absolute atomic E-state index is 0.00263. The van der Waals surface area contributed by atoms with E-state index in [9.17, 15) is 23.2 Å². The van der Waals surface area contributed by atoms with Gasteiger partial charge in [0.1, 0.15) is 6.10 Å².